The van der Waals surface area contributed by atoms with E-state index in [1.807, 2.05) is 0 Å². The third-order valence-corrected chi connectivity index (χ3v) is 2.53. The van der Waals surface area contributed by atoms with Crippen LogP contribution in [-0.4, -0.2) is 23.1 Å². The highest BCUT2D eigenvalue weighted by Gasteiger charge is 2.12. The summed E-state index contributed by atoms with van der Waals surface area (Å²) in [6.07, 6.45) is 1.50. The van der Waals surface area contributed by atoms with E-state index in [1.54, 1.807) is 24.3 Å². The summed E-state index contributed by atoms with van der Waals surface area (Å²) in [6, 6.07) is 9.93. The highest BCUT2D eigenvalue weighted by atomic mass is 16.6. The molecule has 2 aromatic rings. The van der Waals surface area contributed by atoms with Gasteiger partial charge in [-0.05, 0) is 30.3 Å². The fourth-order valence-corrected chi connectivity index (χ4v) is 1.58. The number of benzene rings is 1. The molecule has 0 bridgehead atoms. The van der Waals surface area contributed by atoms with Crippen molar-refractivity contribution in [2.75, 3.05) is 24.2 Å². The molecule has 0 fully saturated rings. The summed E-state index contributed by atoms with van der Waals surface area (Å²) in [4.78, 5) is 14.2. The highest BCUT2D eigenvalue weighted by molar-refractivity contribution is 5.55. The second-order valence-corrected chi connectivity index (χ2v) is 3.97. The maximum absolute atomic E-state index is 10.8. The molecular formula is C13H14N4O3. The van der Waals surface area contributed by atoms with Gasteiger partial charge in [0.25, 0.3) is 0 Å². The van der Waals surface area contributed by atoms with Gasteiger partial charge in [0.05, 0.1) is 11.5 Å². The molecule has 1 aromatic carbocycles. The maximum atomic E-state index is 10.8. The molecule has 0 aliphatic rings. The molecule has 0 unspecified atom stereocenters. The van der Waals surface area contributed by atoms with Gasteiger partial charge in [-0.3, -0.25) is 10.1 Å². The molecule has 7 nitrogen and oxygen atoms in total. The van der Waals surface area contributed by atoms with Crippen LogP contribution in [0.3, 0.4) is 0 Å². The van der Waals surface area contributed by atoms with Gasteiger partial charge in [-0.15, -0.1) is 0 Å². The van der Waals surface area contributed by atoms with Gasteiger partial charge in [-0.1, -0.05) is 0 Å². The van der Waals surface area contributed by atoms with Gasteiger partial charge in [0.2, 0.25) is 5.82 Å². The number of nitrogens with two attached hydrogens (primary N) is 1. The minimum Gasteiger partial charge on any atom is -0.492 e. The molecule has 104 valence electrons. The molecule has 0 saturated heterocycles. The number of nitrogens with one attached hydrogen (secondary N) is 1. The van der Waals surface area contributed by atoms with Crippen LogP contribution in [0.15, 0.2) is 42.6 Å². The first-order valence-corrected chi connectivity index (χ1v) is 5.98. The van der Waals surface area contributed by atoms with Crippen LogP contribution >= 0.6 is 0 Å². The van der Waals surface area contributed by atoms with Crippen molar-refractivity contribution in [1.82, 2.24) is 4.98 Å². The lowest BCUT2D eigenvalue weighted by Crippen LogP contribution is -2.13. The molecular weight excluding hydrogens is 260 g/mol. The second-order valence-electron chi connectivity index (χ2n) is 3.97. The lowest BCUT2D eigenvalue weighted by Gasteiger charge is -2.08. The summed E-state index contributed by atoms with van der Waals surface area (Å²) in [5.74, 6) is 0.926. The molecule has 0 radical (unpaired) electrons. The molecule has 0 aliphatic carbocycles. The van der Waals surface area contributed by atoms with Gasteiger partial charge in [-0.2, -0.15) is 0 Å². The SMILES string of the molecule is Nc1ccc(OCCNc2ncccc2[N+](=O)[O-])cc1. The van der Waals surface area contributed by atoms with Crippen molar-refractivity contribution in [1.29, 1.82) is 0 Å². The standard InChI is InChI=1S/C13H14N4O3/c14-10-3-5-11(6-4-10)20-9-8-16-13-12(17(18)19)2-1-7-15-13/h1-7H,8-9,14H2,(H,15,16). The van der Waals surface area contributed by atoms with Gasteiger partial charge in [0.15, 0.2) is 0 Å². The number of hydrogen-bond donors (Lipinski definition) is 2. The van der Waals surface area contributed by atoms with Crippen LogP contribution in [0.2, 0.25) is 0 Å². The number of nitro groups is 1. The average Bonchev–Trinajstić information content (AvgIpc) is 2.46. The van der Waals surface area contributed by atoms with E-state index in [2.05, 4.69) is 10.3 Å². The van der Waals surface area contributed by atoms with Crippen molar-refractivity contribution in [3.8, 4) is 5.75 Å². The zero-order valence-corrected chi connectivity index (χ0v) is 10.7. The Morgan fingerprint density at radius 2 is 2.05 bits per heavy atom. The molecule has 0 spiro atoms. The monoisotopic (exact) mass is 274 g/mol. The summed E-state index contributed by atoms with van der Waals surface area (Å²) in [6.45, 7) is 0.764. The summed E-state index contributed by atoms with van der Waals surface area (Å²) in [5, 5.41) is 13.7. The lowest BCUT2D eigenvalue weighted by atomic mass is 10.3. The number of ether oxygens (including phenoxy) is 1. The molecule has 7 heteroatoms. The van der Waals surface area contributed by atoms with E-state index in [9.17, 15) is 10.1 Å². The van der Waals surface area contributed by atoms with E-state index in [-0.39, 0.29) is 11.5 Å². The molecule has 0 aliphatic heterocycles. The fourth-order valence-electron chi connectivity index (χ4n) is 1.58. The van der Waals surface area contributed by atoms with E-state index in [0.717, 1.165) is 0 Å². The Hall–Kier alpha value is -2.83. The molecule has 20 heavy (non-hydrogen) atoms. The number of rotatable bonds is 6. The first kappa shape index (κ1) is 13.6. The van der Waals surface area contributed by atoms with Gasteiger partial charge in [-0.25, -0.2) is 4.98 Å². The topological polar surface area (TPSA) is 103 Å². The zero-order chi connectivity index (χ0) is 14.4. The van der Waals surface area contributed by atoms with Crippen LogP contribution < -0.4 is 15.8 Å². The highest BCUT2D eigenvalue weighted by Crippen LogP contribution is 2.19. The molecule has 3 N–H and O–H groups in total. The predicted octanol–water partition coefficient (Wildman–Crippen LogP) is 2.06. The van der Waals surface area contributed by atoms with Crippen LogP contribution in [0.5, 0.6) is 5.75 Å². The molecule has 0 saturated carbocycles. The number of nitrogen functional groups attached to an aromatic ring is 1. The van der Waals surface area contributed by atoms with Crippen molar-refractivity contribution in [3.63, 3.8) is 0 Å². The van der Waals surface area contributed by atoms with Gasteiger partial charge in [0, 0.05) is 18.0 Å². The molecule has 0 atom stereocenters. The zero-order valence-electron chi connectivity index (χ0n) is 10.7. The van der Waals surface area contributed by atoms with Gasteiger partial charge in [0.1, 0.15) is 12.4 Å². The van der Waals surface area contributed by atoms with Crippen LogP contribution in [0.25, 0.3) is 0 Å². The summed E-state index contributed by atoms with van der Waals surface area (Å²) in [5.41, 5.74) is 6.17. The first-order chi connectivity index (χ1) is 9.66. The van der Waals surface area contributed by atoms with Crippen LogP contribution in [-0.2, 0) is 0 Å². The molecule has 1 aromatic heterocycles. The maximum Gasteiger partial charge on any atom is 0.311 e. The average molecular weight is 274 g/mol. The van der Waals surface area contributed by atoms with E-state index in [4.69, 9.17) is 10.5 Å². The number of hydrogen-bond acceptors (Lipinski definition) is 6. The Morgan fingerprint density at radius 3 is 2.75 bits per heavy atom. The summed E-state index contributed by atoms with van der Waals surface area (Å²) >= 11 is 0. The molecule has 0 amide bonds. The Kier molecular flexibility index (Phi) is 4.33. The van der Waals surface area contributed by atoms with Gasteiger partial charge < -0.3 is 15.8 Å². The fraction of sp³-hybridized carbons (Fsp3) is 0.154. The summed E-state index contributed by atoms with van der Waals surface area (Å²) in [7, 11) is 0. The Bertz CT molecular complexity index is 586. The van der Waals surface area contributed by atoms with Crippen LogP contribution in [0.4, 0.5) is 17.2 Å². The van der Waals surface area contributed by atoms with Crippen molar-refractivity contribution < 1.29 is 9.66 Å². The number of aromatic nitrogens is 1. The lowest BCUT2D eigenvalue weighted by molar-refractivity contribution is -0.384. The van der Waals surface area contributed by atoms with Crippen LogP contribution in [0, 0.1) is 10.1 Å². The smallest absolute Gasteiger partial charge is 0.311 e. The van der Waals surface area contributed by atoms with E-state index in [1.165, 1.54) is 18.3 Å². The Labute approximate surface area is 115 Å². The third-order valence-electron chi connectivity index (χ3n) is 2.53. The first-order valence-electron chi connectivity index (χ1n) is 5.98. The minimum atomic E-state index is -0.476. The van der Waals surface area contributed by atoms with Crippen LogP contribution in [0.1, 0.15) is 0 Å². The Morgan fingerprint density at radius 1 is 1.30 bits per heavy atom. The summed E-state index contributed by atoms with van der Waals surface area (Å²) < 4.78 is 5.47. The second kappa shape index (κ2) is 6.37. The van der Waals surface area contributed by atoms with Crippen molar-refractivity contribution in [2.24, 2.45) is 0 Å². The van der Waals surface area contributed by atoms with E-state index >= 15 is 0 Å². The number of nitrogens with zero attached hydrogens (tertiary/aromatic N) is 2. The number of pyridine rings is 1. The van der Waals surface area contributed by atoms with Gasteiger partial charge >= 0.3 is 5.69 Å². The van der Waals surface area contributed by atoms with Crippen molar-refractivity contribution in [3.05, 3.63) is 52.7 Å². The molecule has 2 rings (SSSR count). The minimum absolute atomic E-state index is 0.0556. The predicted molar refractivity (Wildman–Crippen MR) is 75.7 cm³/mol. The molecule has 1 heterocycles. The van der Waals surface area contributed by atoms with Crippen molar-refractivity contribution in [2.45, 2.75) is 0 Å². The van der Waals surface area contributed by atoms with E-state index in [0.29, 0.717) is 24.6 Å². The largest absolute Gasteiger partial charge is 0.492 e. The number of anilines is 2. The quantitative estimate of drug-likeness (QED) is 0.361. The Balaban J connectivity index is 1.84. The normalized spacial score (nSPS) is 10.0. The van der Waals surface area contributed by atoms with Crippen molar-refractivity contribution >= 4 is 17.2 Å². The van der Waals surface area contributed by atoms with E-state index < -0.39 is 4.92 Å². The third kappa shape index (κ3) is 3.58.